The van der Waals surface area contributed by atoms with E-state index in [1.54, 1.807) is 0 Å². The SMILES string of the molecule is CC(C)(C)c1ccc2sc3c(c2c1)N(c1ccccc1)c1nc(-n2c4ccccc4c4ccccc42)cc2c1B3c1cc3c(cc1C2(C)C)C(C)(C)CCC3(C)C. The number of nitrogens with zero attached hydrogens (tertiary/aromatic N) is 3. The molecular formula is C52H50BN3S. The van der Waals surface area contributed by atoms with Gasteiger partial charge in [0.2, 0.25) is 0 Å². The van der Waals surface area contributed by atoms with Gasteiger partial charge in [0.25, 0.3) is 6.71 Å². The van der Waals surface area contributed by atoms with Crippen LogP contribution in [0, 0.1) is 0 Å². The lowest BCUT2D eigenvalue weighted by Gasteiger charge is -2.47. The van der Waals surface area contributed by atoms with Crippen LogP contribution in [0.3, 0.4) is 0 Å². The van der Waals surface area contributed by atoms with Crippen LogP contribution in [-0.4, -0.2) is 16.3 Å². The summed E-state index contributed by atoms with van der Waals surface area (Å²) in [6.07, 6.45) is 2.39. The van der Waals surface area contributed by atoms with Gasteiger partial charge in [0.1, 0.15) is 11.6 Å². The lowest BCUT2D eigenvalue weighted by atomic mass is 9.32. The first kappa shape index (κ1) is 35.1. The van der Waals surface area contributed by atoms with Crippen molar-refractivity contribution in [2.45, 2.75) is 96.8 Å². The maximum Gasteiger partial charge on any atom is 0.262 e. The Morgan fingerprint density at radius 1 is 0.632 bits per heavy atom. The molecule has 8 aromatic rings. The van der Waals surface area contributed by atoms with Crippen molar-refractivity contribution in [1.29, 1.82) is 0 Å². The summed E-state index contributed by atoms with van der Waals surface area (Å²) in [7, 11) is 0. The van der Waals surface area contributed by atoms with Crippen molar-refractivity contribution in [1.82, 2.24) is 9.55 Å². The summed E-state index contributed by atoms with van der Waals surface area (Å²) in [5, 5.41) is 3.82. The molecule has 57 heavy (non-hydrogen) atoms. The number of para-hydroxylation sites is 3. The van der Waals surface area contributed by atoms with Crippen LogP contribution in [-0.2, 0) is 21.7 Å². The van der Waals surface area contributed by atoms with Crippen LogP contribution in [0.25, 0.3) is 37.7 Å². The topological polar surface area (TPSA) is 21.1 Å². The Labute approximate surface area is 341 Å². The van der Waals surface area contributed by atoms with E-state index in [1.165, 1.54) is 93.9 Å². The van der Waals surface area contributed by atoms with Crippen LogP contribution in [0.4, 0.5) is 17.2 Å². The molecule has 0 unspecified atom stereocenters. The summed E-state index contributed by atoms with van der Waals surface area (Å²) in [6.45, 7) is 21.9. The van der Waals surface area contributed by atoms with Gasteiger partial charge in [-0.05, 0) is 105 Å². The Kier molecular flexibility index (Phi) is 7.08. The van der Waals surface area contributed by atoms with Crippen molar-refractivity contribution >= 4 is 82.8 Å². The molecule has 0 saturated heterocycles. The van der Waals surface area contributed by atoms with Gasteiger partial charge >= 0.3 is 0 Å². The van der Waals surface area contributed by atoms with E-state index in [2.05, 4.69) is 187 Å². The molecule has 0 atom stereocenters. The van der Waals surface area contributed by atoms with Gasteiger partial charge in [-0.15, -0.1) is 11.3 Å². The number of aromatic nitrogens is 2. The summed E-state index contributed by atoms with van der Waals surface area (Å²) < 4.78 is 5.17. The average molecular weight is 760 g/mol. The third-order valence-electron chi connectivity index (χ3n) is 14.1. The van der Waals surface area contributed by atoms with E-state index in [-0.39, 0.29) is 28.4 Å². The second-order valence-electron chi connectivity index (χ2n) is 19.9. The molecule has 0 amide bonds. The normalized spacial score (nSPS) is 17.4. The zero-order valence-corrected chi connectivity index (χ0v) is 35.5. The van der Waals surface area contributed by atoms with Crippen molar-refractivity contribution in [3.05, 3.63) is 143 Å². The standard InChI is InChI=1S/C52H50BN3S/c1-49(2,3)31-23-24-43-35(27-31)46-47(57-43)53-40-29-37-36(50(4,5)25-26-51(37,6)7)28-38(40)52(8,9)39-30-44(54-48(45(39)53)55(46)32-17-11-10-12-18-32)56-41-21-15-13-19-33(41)34-20-14-16-22-42(34)56/h10-24,27-30H,25-26H2,1-9H3. The van der Waals surface area contributed by atoms with E-state index < -0.39 is 0 Å². The molecule has 3 nitrogen and oxygen atoms in total. The van der Waals surface area contributed by atoms with E-state index in [1.807, 2.05) is 11.3 Å². The molecule has 0 spiro atoms. The van der Waals surface area contributed by atoms with Crippen LogP contribution in [0.1, 0.15) is 103 Å². The molecule has 0 saturated carbocycles. The number of anilines is 3. The fraction of sp³-hybridized carbons (Fsp3) is 0.288. The van der Waals surface area contributed by atoms with Crippen LogP contribution in [0.5, 0.6) is 0 Å². The number of hydrogen-bond donors (Lipinski definition) is 0. The molecule has 5 aromatic carbocycles. The molecule has 282 valence electrons. The number of fused-ring (bicyclic) bond motifs is 10. The summed E-state index contributed by atoms with van der Waals surface area (Å²) in [5.41, 5.74) is 14.8. The van der Waals surface area contributed by atoms with E-state index in [0.29, 0.717) is 0 Å². The number of thiophene rings is 1. The molecular weight excluding hydrogens is 709 g/mol. The Morgan fingerprint density at radius 3 is 1.89 bits per heavy atom. The van der Waals surface area contributed by atoms with Crippen LogP contribution < -0.4 is 20.6 Å². The van der Waals surface area contributed by atoms with Gasteiger partial charge in [-0.2, -0.15) is 0 Å². The molecule has 3 aliphatic rings. The van der Waals surface area contributed by atoms with Crippen molar-refractivity contribution in [2.24, 2.45) is 0 Å². The monoisotopic (exact) mass is 759 g/mol. The third-order valence-corrected chi connectivity index (χ3v) is 15.3. The second kappa shape index (κ2) is 11.5. The zero-order valence-electron chi connectivity index (χ0n) is 34.7. The highest BCUT2D eigenvalue weighted by molar-refractivity contribution is 7.33. The van der Waals surface area contributed by atoms with Gasteiger partial charge < -0.3 is 0 Å². The molecule has 5 heteroatoms. The van der Waals surface area contributed by atoms with Gasteiger partial charge in [0, 0.05) is 36.7 Å². The van der Waals surface area contributed by atoms with Gasteiger partial charge in [-0.25, -0.2) is 4.98 Å². The van der Waals surface area contributed by atoms with Crippen molar-refractivity contribution in [3.8, 4) is 5.82 Å². The zero-order chi connectivity index (χ0) is 39.4. The maximum atomic E-state index is 5.93. The minimum absolute atomic E-state index is 0.0151. The predicted octanol–water partition coefficient (Wildman–Crippen LogP) is 12.0. The smallest absolute Gasteiger partial charge is 0.262 e. The second-order valence-corrected chi connectivity index (χ2v) is 21.0. The summed E-state index contributed by atoms with van der Waals surface area (Å²) in [6, 6.07) is 43.7. The average Bonchev–Trinajstić information content (AvgIpc) is 3.73. The van der Waals surface area contributed by atoms with E-state index in [4.69, 9.17) is 4.98 Å². The Morgan fingerprint density at radius 2 is 1.25 bits per heavy atom. The Bertz CT molecular complexity index is 2940. The molecule has 2 aliphatic heterocycles. The molecule has 5 heterocycles. The van der Waals surface area contributed by atoms with E-state index in [9.17, 15) is 0 Å². The number of benzene rings is 5. The lowest BCUT2D eigenvalue weighted by molar-refractivity contribution is 0.331. The fourth-order valence-corrected chi connectivity index (χ4v) is 12.0. The molecule has 11 rings (SSSR count). The molecule has 1 aliphatic carbocycles. The number of hydrogen-bond acceptors (Lipinski definition) is 3. The number of pyridine rings is 1. The largest absolute Gasteiger partial charge is 0.294 e. The Balaban J connectivity index is 1.31. The van der Waals surface area contributed by atoms with Crippen LogP contribution >= 0.6 is 11.3 Å². The van der Waals surface area contributed by atoms with Crippen molar-refractivity contribution in [3.63, 3.8) is 0 Å². The predicted molar refractivity (Wildman–Crippen MR) is 246 cm³/mol. The van der Waals surface area contributed by atoms with Gasteiger partial charge in [0.05, 0.1) is 16.7 Å². The van der Waals surface area contributed by atoms with Crippen molar-refractivity contribution in [2.75, 3.05) is 4.90 Å². The van der Waals surface area contributed by atoms with Gasteiger partial charge in [-0.1, -0.05) is 141 Å². The van der Waals surface area contributed by atoms with E-state index in [0.717, 1.165) is 17.3 Å². The van der Waals surface area contributed by atoms with E-state index >= 15 is 0 Å². The number of rotatable bonds is 2. The van der Waals surface area contributed by atoms with Crippen LogP contribution in [0.15, 0.2) is 115 Å². The molecule has 0 bridgehead atoms. The van der Waals surface area contributed by atoms with Gasteiger partial charge in [-0.3, -0.25) is 9.47 Å². The summed E-state index contributed by atoms with van der Waals surface area (Å²) in [5.74, 6) is 2.01. The molecule has 0 N–H and O–H groups in total. The van der Waals surface area contributed by atoms with Crippen LogP contribution in [0.2, 0.25) is 0 Å². The first-order valence-electron chi connectivity index (χ1n) is 20.8. The summed E-state index contributed by atoms with van der Waals surface area (Å²) in [4.78, 5) is 8.46. The lowest BCUT2D eigenvalue weighted by Crippen LogP contribution is -2.64. The van der Waals surface area contributed by atoms with Gasteiger partial charge in [0.15, 0.2) is 0 Å². The van der Waals surface area contributed by atoms with Crippen molar-refractivity contribution < 1.29 is 0 Å². The molecule has 0 fully saturated rings. The minimum atomic E-state index is -0.283. The third kappa shape index (κ3) is 4.81. The highest BCUT2D eigenvalue weighted by Gasteiger charge is 2.50. The first-order chi connectivity index (χ1) is 27.1. The maximum absolute atomic E-state index is 5.93. The first-order valence-corrected chi connectivity index (χ1v) is 21.6. The quantitative estimate of drug-likeness (QED) is 0.164. The summed E-state index contributed by atoms with van der Waals surface area (Å²) >= 11 is 1.99. The Hall–Kier alpha value is -5.13. The molecule has 0 radical (unpaired) electrons. The highest BCUT2D eigenvalue weighted by Crippen LogP contribution is 2.51. The fourth-order valence-electron chi connectivity index (χ4n) is 10.7. The highest BCUT2D eigenvalue weighted by atomic mass is 32.1. The molecule has 3 aromatic heterocycles. The minimum Gasteiger partial charge on any atom is -0.294 e.